The van der Waals surface area contributed by atoms with Crippen LogP contribution in [-0.2, 0) is 25.6 Å². The number of aliphatic hydroxyl groups excluding tert-OH is 1. The maximum atomic E-state index is 14.6. The minimum absolute atomic E-state index is 0.00705. The van der Waals surface area contributed by atoms with E-state index in [0.29, 0.717) is 24.2 Å². The van der Waals surface area contributed by atoms with Gasteiger partial charge in [-0.1, -0.05) is 53.6 Å². The first-order valence-corrected chi connectivity index (χ1v) is 16.4. The number of nitrogens with zero attached hydrogens (tertiary/aromatic N) is 2. The highest BCUT2D eigenvalue weighted by atomic mass is 35.5. The summed E-state index contributed by atoms with van der Waals surface area (Å²) in [5, 5.41) is 19.0. The van der Waals surface area contributed by atoms with Gasteiger partial charge < -0.3 is 14.9 Å². The number of hydrogen-bond donors (Lipinski definition) is 2. The largest absolute Gasteiger partial charge is 0.508 e. The highest BCUT2D eigenvalue weighted by molar-refractivity contribution is 6.31. The first kappa shape index (κ1) is 32.0. The molecule has 2 heterocycles. The van der Waals surface area contributed by atoms with Crippen molar-refractivity contribution in [1.29, 1.82) is 0 Å². The molecule has 4 amide bonds. The molecule has 2 N–H and O–H groups in total. The summed E-state index contributed by atoms with van der Waals surface area (Å²) in [4.78, 5) is 59.3. The summed E-state index contributed by atoms with van der Waals surface area (Å²) in [6.45, 7) is 1.70. The topological polar surface area (TPSA) is 124 Å². The molecule has 2 aliphatic heterocycles. The molecule has 48 heavy (non-hydrogen) atoms. The molecule has 3 fully saturated rings. The van der Waals surface area contributed by atoms with Gasteiger partial charge in [-0.2, -0.15) is 0 Å². The summed E-state index contributed by atoms with van der Waals surface area (Å²) in [6, 6.07) is 17.5. The number of fused-ring (bicyclic) bond motifs is 4. The van der Waals surface area contributed by atoms with Crippen LogP contribution in [0.2, 0.25) is 5.02 Å². The Bertz CT molecular complexity index is 1860. The Labute approximate surface area is 281 Å². The van der Waals surface area contributed by atoms with Gasteiger partial charge >= 0.3 is 0 Å². The van der Waals surface area contributed by atoms with Crippen LogP contribution in [0.5, 0.6) is 11.5 Å². The van der Waals surface area contributed by atoms with E-state index in [1.54, 1.807) is 43.3 Å². The van der Waals surface area contributed by atoms with Gasteiger partial charge in [-0.15, -0.1) is 0 Å². The van der Waals surface area contributed by atoms with Crippen LogP contribution >= 0.6 is 11.6 Å². The number of para-hydroxylation sites is 1. The molecule has 0 radical (unpaired) electrons. The van der Waals surface area contributed by atoms with E-state index >= 15 is 0 Å². The van der Waals surface area contributed by atoms with Gasteiger partial charge in [0.2, 0.25) is 23.6 Å². The molecule has 2 aliphatic carbocycles. The minimum atomic E-state index is -1.32. The highest BCUT2D eigenvalue weighted by Crippen LogP contribution is 2.64. The van der Waals surface area contributed by atoms with E-state index in [4.69, 9.17) is 16.3 Å². The number of anilines is 1. The van der Waals surface area contributed by atoms with Crippen molar-refractivity contribution in [1.82, 2.24) is 4.90 Å². The van der Waals surface area contributed by atoms with Crippen LogP contribution in [0, 0.1) is 34.9 Å². The van der Waals surface area contributed by atoms with Crippen molar-refractivity contribution in [3.05, 3.63) is 100 Å². The predicted molar refractivity (Wildman–Crippen MR) is 174 cm³/mol. The van der Waals surface area contributed by atoms with E-state index in [-0.39, 0.29) is 54.5 Å². The zero-order valence-corrected chi connectivity index (χ0v) is 26.9. The zero-order chi connectivity index (χ0) is 33.9. The van der Waals surface area contributed by atoms with Gasteiger partial charge in [-0.25, -0.2) is 9.29 Å². The Morgan fingerprint density at radius 1 is 0.979 bits per heavy atom. The predicted octanol–water partition coefficient (Wildman–Crippen LogP) is 5.03. The van der Waals surface area contributed by atoms with Crippen molar-refractivity contribution in [3.8, 4) is 11.5 Å². The number of halogens is 2. The first-order valence-electron chi connectivity index (χ1n) is 16.0. The average molecular weight is 673 g/mol. The number of carbonyl (C=O) groups excluding carboxylic acids is 4. The van der Waals surface area contributed by atoms with E-state index in [0.717, 1.165) is 22.1 Å². The second kappa shape index (κ2) is 12.2. The summed E-state index contributed by atoms with van der Waals surface area (Å²) in [5.74, 6) is -5.05. The van der Waals surface area contributed by atoms with E-state index in [9.17, 15) is 33.8 Å². The van der Waals surface area contributed by atoms with Crippen LogP contribution in [0.25, 0.3) is 0 Å². The van der Waals surface area contributed by atoms with Crippen molar-refractivity contribution in [2.24, 2.45) is 29.1 Å². The molecule has 248 valence electrons. The lowest BCUT2D eigenvalue weighted by Gasteiger charge is -2.49. The minimum Gasteiger partial charge on any atom is -0.508 e. The van der Waals surface area contributed by atoms with Gasteiger partial charge in [-0.3, -0.25) is 24.1 Å². The molecule has 4 aliphatic rings. The standard InChI is InChI=1S/C37H34ClFN2O7/c1-37-27(34(45)41(36(37)47)21-8-13-29(39)28(38)18-21)19-26-23(32(37)24-4-2-3-5-30(24)48-17-16-42)11-12-25-31(26)35(46)40(33(25)44)15-14-20-6-9-22(43)10-7-20/h2-11,13,18,25-27,31-32,42-43H,12,14-17,19H2,1H3/t25-,26+,27-,31-,32+,37+/m0/s1. The first-order chi connectivity index (χ1) is 23.1. The number of amides is 4. The monoisotopic (exact) mass is 672 g/mol. The lowest BCUT2D eigenvalue weighted by atomic mass is 9.51. The van der Waals surface area contributed by atoms with Crippen molar-refractivity contribution >= 4 is 40.9 Å². The molecule has 11 heteroatoms. The zero-order valence-electron chi connectivity index (χ0n) is 26.1. The van der Waals surface area contributed by atoms with Crippen molar-refractivity contribution in [2.75, 3.05) is 24.7 Å². The van der Waals surface area contributed by atoms with Gasteiger partial charge in [0, 0.05) is 18.0 Å². The fraction of sp³-hybridized carbons (Fsp3) is 0.351. The summed E-state index contributed by atoms with van der Waals surface area (Å²) in [6.07, 6.45) is 2.85. The van der Waals surface area contributed by atoms with Crippen LogP contribution in [0.1, 0.15) is 36.8 Å². The Kier molecular flexibility index (Phi) is 8.12. The van der Waals surface area contributed by atoms with Crippen LogP contribution in [0.4, 0.5) is 10.1 Å². The molecule has 7 rings (SSSR count). The van der Waals surface area contributed by atoms with Crippen LogP contribution in [0.15, 0.2) is 78.4 Å². The normalized spacial score (nSPS) is 27.9. The molecule has 2 saturated heterocycles. The SMILES string of the molecule is C[C@@]12C(=O)N(c3ccc(F)c(Cl)c3)C(=O)[C@@H]1C[C@@H]1C(=CC[C@@H]3C(=O)N(CCc4ccc(O)cc4)C(=O)[C@@H]31)[C@@H]2c1ccccc1OCCO. The second-order valence-electron chi connectivity index (χ2n) is 13.1. The molecular formula is C37H34ClFN2O7. The molecule has 0 spiro atoms. The number of carbonyl (C=O) groups is 4. The van der Waals surface area contributed by atoms with Crippen molar-refractivity contribution in [3.63, 3.8) is 0 Å². The van der Waals surface area contributed by atoms with Gasteiger partial charge in [0.05, 0.1) is 40.5 Å². The molecule has 6 atom stereocenters. The van der Waals surface area contributed by atoms with Crippen LogP contribution in [0.3, 0.4) is 0 Å². The average Bonchev–Trinajstić information content (AvgIpc) is 3.44. The lowest BCUT2D eigenvalue weighted by molar-refractivity contribution is -0.140. The van der Waals surface area contributed by atoms with E-state index < -0.39 is 52.6 Å². The molecule has 9 nitrogen and oxygen atoms in total. The number of benzene rings is 3. The molecule has 3 aromatic rings. The molecule has 1 saturated carbocycles. The molecule has 0 aromatic heterocycles. The third-order valence-corrected chi connectivity index (χ3v) is 11.0. The van der Waals surface area contributed by atoms with Crippen molar-refractivity contribution in [2.45, 2.75) is 32.1 Å². The number of aromatic hydroxyl groups is 1. The molecular weight excluding hydrogens is 639 g/mol. The quantitative estimate of drug-likeness (QED) is 0.254. The van der Waals surface area contributed by atoms with E-state index in [1.165, 1.54) is 17.0 Å². The summed E-state index contributed by atoms with van der Waals surface area (Å²) < 4.78 is 20.1. The van der Waals surface area contributed by atoms with Gasteiger partial charge in [0.1, 0.15) is 23.9 Å². The third kappa shape index (κ3) is 4.92. The fourth-order valence-corrected chi connectivity index (χ4v) is 8.60. The second-order valence-corrected chi connectivity index (χ2v) is 13.5. The Hall–Kier alpha value is -4.54. The van der Waals surface area contributed by atoms with E-state index in [2.05, 4.69) is 0 Å². The Morgan fingerprint density at radius 3 is 2.46 bits per heavy atom. The maximum Gasteiger partial charge on any atom is 0.241 e. The number of hydrogen-bond acceptors (Lipinski definition) is 7. The number of rotatable bonds is 8. The number of ether oxygens (including phenoxy) is 1. The van der Waals surface area contributed by atoms with E-state index in [1.807, 2.05) is 18.2 Å². The summed E-state index contributed by atoms with van der Waals surface area (Å²) in [5.41, 5.74) is 1.13. The number of imide groups is 2. The number of aliphatic hydroxyl groups is 1. The van der Waals surface area contributed by atoms with Gasteiger partial charge in [0.25, 0.3) is 0 Å². The van der Waals surface area contributed by atoms with Crippen LogP contribution in [-0.4, -0.2) is 58.5 Å². The van der Waals surface area contributed by atoms with Gasteiger partial charge in [0.15, 0.2) is 0 Å². The number of allylic oxidation sites excluding steroid dienone is 2. The van der Waals surface area contributed by atoms with Gasteiger partial charge in [-0.05, 0) is 74.1 Å². The summed E-state index contributed by atoms with van der Waals surface area (Å²) in [7, 11) is 0. The maximum absolute atomic E-state index is 14.6. The molecule has 0 bridgehead atoms. The van der Waals surface area contributed by atoms with Crippen molar-refractivity contribution < 1.29 is 38.5 Å². The summed E-state index contributed by atoms with van der Waals surface area (Å²) >= 11 is 6.09. The number of phenolic OH excluding ortho intramolecular Hbond substituents is 1. The number of phenols is 1. The highest BCUT2D eigenvalue weighted by Gasteiger charge is 2.67. The number of likely N-dealkylation sites (tertiary alicyclic amines) is 1. The molecule has 3 aromatic carbocycles. The third-order valence-electron chi connectivity index (χ3n) is 10.7. The Balaban J connectivity index is 1.30. The lowest BCUT2D eigenvalue weighted by Crippen LogP contribution is -2.49. The molecule has 0 unspecified atom stereocenters. The fourth-order valence-electron chi connectivity index (χ4n) is 8.42. The van der Waals surface area contributed by atoms with Crippen LogP contribution < -0.4 is 9.64 Å². The smallest absolute Gasteiger partial charge is 0.241 e. The Morgan fingerprint density at radius 2 is 1.73 bits per heavy atom.